The van der Waals surface area contributed by atoms with Crippen molar-refractivity contribution in [1.29, 1.82) is 0 Å². The minimum Gasteiger partial charge on any atom is -0.152 e. The zero-order valence-corrected chi connectivity index (χ0v) is 12.4. The van der Waals surface area contributed by atoms with Crippen molar-refractivity contribution in [2.75, 3.05) is 0 Å². The number of halogens is 1. The summed E-state index contributed by atoms with van der Waals surface area (Å²) in [4.78, 5) is 1.89. The Kier molecular flexibility index (Phi) is 3.16. The smallest absolute Gasteiger partial charge is 0.0530 e. The van der Waals surface area contributed by atoms with Gasteiger partial charge in [-0.25, -0.2) is 0 Å². The average molecular weight is 329 g/mol. The van der Waals surface area contributed by atoms with Crippen LogP contribution in [0.5, 0.6) is 0 Å². The molecule has 0 bridgehead atoms. The van der Waals surface area contributed by atoms with E-state index in [2.05, 4.69) is 50.3 Å². The maximum Gasteiger partial charge on any atom is 0.0530 e. The fourth-order valence-electron chi connectivity index (χ4n) is 1.66. The van der Waals surface area contributed by atoms with Crippen molar-refractivity contribution in [2.45, 2.75) is 11.2 Å². The average Bonchev–Trinajstić information content (AvgIpc) is 2.91. The molecule has 1 unspecified atom stereocenters. The SMILES string of the molecule is BrC(Cc1ccsc1)c1cc2sccc2s1. The maximum atomic E-state index is 3.79. The zero-order valence-electron chi connectivity index (χ0n) is 8.35. The first-order valence-corrected chi connectivity index (χ1v) is 8.50. The van der Waals surface area contributed by atoms with Crippen LogP contribution in [0, 0.1) is 0 Å². The third kappa shape index (κ3) is 2.12. The Morgan fingerprint density at radius 1 is 1.19 bits per heavy atom. The third-order valence-corrected chi connectivity index (χ3v) is 6.52. The molecule has 0 aromatic carbocycles. The minimum atomic E-state index is 0.451. The molecule has 1 atom stereocenters. The highest BCUT2D eigenvalue weighted by atomic mass is 79.9. The molecule has 82 valence electrons. The first-order chi connectivity index (χ1) is 7.83. The Morgan fingerprint density at radius 2 is 2.12 bits per heavy atom. The number of rotatable bonds is 3. The van der Waals surface area contributed by atoms with E-state index in [1.165, 1.54) is 19.8 Å². The quantitative estimate of drug-likeness (QED) is 0.541. The second-order valence-electron chi connectivity index (χ2n) is 3.60. The molecule has 0 amide bonds. The van der Waals surface area contributed by atoms with Gasteiger partial charge < -0.3 is 0 Å². The highest BCUT2D eigenvalue weighted by Crippen LogP contribution is 2.38. The van der Waals surface area contributed by atoms with Crippen LogP contribution in [-0.2, 0) is 6.42 Å². The lowest BCUT2D eigenvalue weighted by atomic mass is 10.2. The van der Waals surface area contributed by atoms with Crippen molar-refractivity contribution in [1.82, 2.24) is 0 Å². The fraction of sp³-hybridized carbons (Fsp3) is 0.167. The molecule has 0 aliphatic carbocycles. The summed E-state index contributed by atoms with van der Waals surface area (Å²) < 4.78 is 2.82. The number of hydrogen-bond acceptors (Lipinski definition) is 3. The molecule has 16 heavy (non-hydrogen) atoms. The van der Waals surface area contributed by atoms with Crippen molar-refractivity contribution in [2.24, 2.45) is 0 Å². The lowest BCUT2D eigenvalue weighted by Gasteiger charge is -2.04. The van der Waals surface area contributed by atoms with Gasteiger partial charge in [-0.05, 0) is 46.3 Å². The summed E-state index contributed by atoms with van der Waals surface area (Å²) in [5.41, 5.74) is 1.42. The van der Waals surface area contributed by atoms with Crippen LogP contribution in [0.3, 0.4) is 0 Å². The van der Waals surface area contributed by atoms with E-state index in [1.807, 2.05) is 22.7 Å². The van der Waals surface area contributed by atoms with Gasteiger partial charge in [0.1, 0.15) is 0 Å². The highest BCUT2D eigenvalue weighted by molar-refractivity contribution is 9.09. The Bertz CT molecular complexity index is 548. The predicted molar refractivity (Wildman–Crippen MR) is 79.4 cm³/mol. The first-order valence-electron chi connectivity index (χ1n) is 4.95. The van der Waals surface area contributed by atoms with E-state index in [-0.39, 0.29) is 0 Å². The first kappa shape index (κ1) is 11.0. The predicted octanol–water partition coefficient (Wildman–Crippen LogP) is 5.70. The Labute approximate surface area is 115 Å². The standard InChI is InChI=1S/C12H9BrS3/c13-9(5-8-1-3-14-7-8)11-6-12-10(16-11)2-4-15-12/h1-4,6-7,9H,5H2. The Morgan fingerprint density at radius 3 is 2.88 bits per heavy atom. The van der Waals surface area contributed by atoms with E-state index >= 15 is 0 Å². The molecular formula is C12H9BrS3. The van der Waals surface area contributed by atoms with Crippen LogP contribution in [0.1, 0.15) is 15.3 Å². The van der Waals surface area contributed by atoms with Crippen LogP contribution in [0.25, 0.3) is 9.40 Å². The van der Waals surface area contributed by atoms with Gasteiger partial charge in [-0.3, -0.25) is 0 Å². The van der Waals surface area contributed by atoms with Gasteiger partial charge in [-0.1, -0.05) is 15.9 Å². The van der Waals surface area contributed by atoms with E-state index in [9.17, 15) is 0 Å². The molecule has 0 fully saturated rings. The van der Waals surface area contributed by atoms with Crippen LogP contribution in [-0.4, -0.2) is 0 Å². The normalized spacial score (nSPS) is 13.3. The highest BCUT2D eigenvalue weighted by Gasteiger charge is 2.12. The van der Waals surface area contributed by atoms with Gasteiger partial charge in [-0.2, -0.15) is 11.3 Å². The lowest BCUT2D eigenvalue weighted by Crippen LogP contribution is -1.90. The summed E-state index contributed by atoms with van der Waals surface area (Å²) in [6.07, 6.45) is 1.08. The number of thiophene rings is 3. The van der Waals surface area contributed by atoms with Gasteiger partial charge in [0.25, 0.3) is 0 Å². The second kappa shape index (κ2) is 4.61. The number of alkyl halides is 1. The van der Waals surface area contributed by atoms with Gasteiger partial charge in [0.05, 0.1) is 4.83 Å². The van der Waals surface area contributed by atoms with Crippen LogP contribution in [0.4, 0.5) is 0 Å². The summed E-state index contributed by atoms with van der Waals surface area (Å²) in [7, 11) is 0. The maximum absolute atomic E-state index is 3.79. The molecule has 3 rings (SSSR count). The van der Waals surface area contributed by atoms with Gasteiger partial charge in [0, 0.05) is 14.3 Å². The van der Waals surface area contributed by atoms with Gasteiger partial charge in [-0.15, -0.1) is 22.7 Å². The third-order valence-electron chi connectivity index (χ3n) is 2.46. The molecule has 0 nitrogen and oxygen atoms in total. The van der Waals surface area contributed by atoms with E-state index < -0.39 is 0 Å². The molecule has 0 radical (unpaired) electrons. The molecule has 3 heterocycles. The summed E-state index contributed by atoms with van der Waals surface area (Å²) >= 11 is 9.28. The van der Waals surface area contributed by atoms with Crippen LogP contribution >= 0.6 is 49.9 Å². The van der Waals surface area contributed by atoms with Crippen molar-refractivity contribution in [3.63, 3.8) is 0 Å². The molecule has 0 saturated carbocycles. The molecule has 0 spiro atoms. The summed E-state index contributed by atoms with van der Waals surface area (Å²) in [6, 6.07) is 6.73. The van der Waals surface area contributed by atoms with Crippen molar-refractivity contribution >= 4 is 59.3 Å². The molecule has 0 aliphatic heterocycles. The van der Waals surface area contributed by atoms with Crippen LogP contribution < -0.4 is 0 Å². The van der Waals surface area contributed by atoms with Crippen molar-refractivity contribution in [3.8, 4) is 0 Å². The zero-order chi connectivity index (χ0) is 11.0. The monoisotopic (exact) mass is 328 g/mol. The van der Waals surface area contributed by atoms with Crippen LogP contribution in [0.2, 0.25) is 0 Å². The summed E-state index contributed by atoms with van der Waals surface area (Å²) in [6.45, 7) is 0. The molecular weight excluding hydrogens is 320 g/mol. The molecule has 0 saturated heterocycles. The molecule has 0 N–H and O–H groups in total. The summed E-state index contributed by atoms with van der Waals surface area (Å²) in [5.74, 6) is 0. The van der Waals surface area contributed by atoms with E-state index in [1.54, 1.807) is 11.3 Å². The molecule has 3 aromatic rings. The van der Waals surface area contributed by atoms with Gasteiger partial charge >= 0.3 is 0 Å². The van der Waals surface area contributed by atoms with Gasteiger partial charge in [0.15, 0.2) is 0 Å². The minimum absolute atomic E-state index is 0.451. The summed E-state index contributed by atoms with van der Waals surface area (Å²) in [5, 5.41) is 6.53. The molecule has 3 aromatic heterocycles. The molecule has 0 aliphatic rings. The Balaban J connectivity index is 1.84. The second-order valence-corrected chi connectivity index (χ2v) is 7.55. The van der Waals surface area contributed by atoms with E-state index in [0.29, 0.717) is 4.83 Å². The van der Waals surface area contributed by atoms with Crippen molar-refractivity contribution in [3.05, 3.63) is 44.8 Å². The van der Waals surface area contributed by atoms with Gasteiger partial charge in [0.2, 0.25) is 0 Å². The largest absolute Gasteiger partial charge is 0.152 e. The van der Waals surface area contributed by atoms with E-state index in [0.717, 1.165) is 6.42 Å². The lowest BCUT2D eigenvalue weighted by molar-refractivity contribution is 0.977. The molecule has 4 heteroatoms. The number of fused-ring (bicyclic) bond motifs is 1. The van der Waals surface area contributed by atoms with Crippen molar-refractivity contribution < 1.29 is 0 Å². The fourth-order valence-corrected chi connectivity index (χ4v) is 5.22. The van der Waals surface area contributed by atoms with Crippen LogP contribution in [0.15, 0.2) is 34.3 Å². The Hall–Kier alpha value is -0.160. The topological polar surface area (TPSA) is 0 Å². The van der Waals surface area contributed by atoms with E-state index in [4.69, 9.17) is 0 Å². The number of hydrogen-bond donors (Lipinski definition) is 0.